The minimum Gasteiger partial charge on any atom is -0.380 e. The second-order valence-electron chi connectivity index (χ2n) is 4.07. The molecule has 0 aromatic carbocycles. The van der Waals surface area contributed by atoms with E-state index in [4.69, 9.17) is 9.47 Å². The van der Waals surface area contributed by atoms with Crippen LogP contribution in [-0.4, -0.2) is 64.1 Å². The first-order valence-electron chi connectivity index (χ1n) is 5.91. The van der Waals surface area contributed by atoms with Crippen molar-refractivity contribution in [1.29, 1.82) is 0 Å². The third-order valence-corrected chi connectivity index (χ3v) is 2.49. The molecule has 1 N–H and O–H groups in total. The minimum atomic E-state index is 0.343. The van der Waals surface area contributed by atoms with Crippen LogP contribution in [0.5, 0.6) is 0 Å². The second kappa shape index (κ2) is 8.05. The molecule has 0 aromatic heterocycles. The van der Waals surface area contributed by atoms with Gasteiger partial charge in [0.1, 0.15) is 0 Å². The van der Waals surface area contributed by atoms with Crippen LogP contribution >= 0.6 is 0 Å². The van der Waals surface area contributed by atoms with E-state index in [9.17, 15) is 0 Å². The van der Waals surface area contributed by atoms with Crippen molar-refractivity contribution in [3.8, 4) is 0 Å². The molecule has 0 radical (unpaired) electrons. The molecule has 0 saturated carbocycles. The molecule has 1 saturated heterocycles. The van der Waals surface area contributed by atoms with Crippen molar-refractivity contribution in [3.63, 3.8) is 0 Å². The molecular weight excluding hydrogens is 192 g/mol. The predicted octanol–water partition coefficient (Wildman–Crippen LogP) is 0.333. The van der Waals surface area contributed by atoms with Gasteiger partial charge in [0.2, 0.25) is 0 Å². The fraction of sp³-hybridized carbons (Fsp3) is 1.00. The van der Waals surface area contributed by atoms with Crippen LogP contribution in [0.25, 0.3) is 0 Å². The second-order valence-corrected chi connectivity index (χ2v) is 4.07. The number of morpholine rings is 1. The van der Waals surface area contributed by atoms with Gasteiger partial charge >= 0.3 is 0 Å². The van der Waals surface area contributed by atoms with Gasteiger partial charge in [0.05, 0.1) is 19.3 Å². The molecule has 1 rings (SSSR count). The summed E-state index contributed by atoms with van der Waals surface area (Å²) in [5.41, 5.74) is 0. The molecule has 0 amide bonds. The van der Waals surface area contributed by atoms with E-state index in [0.717, 1.165) is 52.4 Å². The molecule has 15 heavy (non-hydrogen) atoms. The Hall–Kier alpha value is -0.160. The number of ether oxygens (including phenoxy) is 2. The Balaban J connectivity index is 1.98. The quantitative estimate of drug-likeness (QED) is 0.622. The molecule has 1 heterocycles. The van der Waals surface area contributed by atoms with E-state index in [-0.39, 0.29) is 0 Å². The molecule has 4 heteroatoms. The van der Waals surface area contributed by atoms with E-state index in [0.29, 0.717) is 6.10 Å². The molecule has 1 fully saturated rings. The summed E-state index contributed by atoms with van der Waals surface area (Å²) in [4.78, 5) is 2.27. The monoisotopic (exact) mass is 216 g/mol. The van der Waals surface area contributed by atoms with Crippen LogP contribution in [-0.2, 0) is 9.47 Å². The first-order valence-corrected chi connectivity index (χ1v) is 5.91. The van der Waals surface area contributed by atoms with Gasteiger partial charge in [-0.25, -0.2) is 0 Å². The number of nitrogens with one attached hydrogen (secondary N) is 1. The van der Waals surface area contributed by atoms with Gasteiger partial charge in [0, 0.05) is 32.8 Å². The average Bonchev–Trinajstić information content (AvgIpc) is 2.26. The molecule has 0 bridgehead atoms. The van der Waals surface area contributed by atoms with Crippen LogP contribution < -0.4 is 5.32 Å². The smallest absolute Gasteiger partial charge is 0.0826 e. The summed E-state index contributed by atoms with van der Waals surface area (Å²) in [5.74, 6) is 0. The Morgan fingerprint density at radius 3 is 3.00 bits per heavy atom. The van der Waals surface area contributed by atoms with Gasteiger partial charge in [0.15, 0.2) is 0 Å². The lowest BCUT2D eigenvalue weighted by atomic mass is 10.3. The van der Waals surface area contributed by atoms with E-state index < -0.39 is 0 Å². The molecule has 0 aromatic rings. The van der Waals surface area contributed by atoms with Crippen LogP contribution in [0, 0.1) is 0 Å². The summed E-state index contributed by atoms with van der Waals surface area (Å²) in [6, 6.07) is 0. The highest BCUT2D eigenvalue weighted by Crippen LogP contribution is 1.98. The van der Waals surface area contributed by atoms with E-state index in [2.05, 4.69) is 24.2 Å². The molecule has 4 nitrogen and oxygen atoms in total. The lowest BCUT2D eigenvalue weighted by Crippen LogP contribution is -2.44. The van der Waals surface area contributed by atoms with Crippen molar-refractivity contribution in [2.45, 2.75) is 19.4 Å². The van der Waals surface area contributed by atoms with Crippen LogP contribution in [0.1, 0.15) is 13.3 Å². The standard InChI is InChI=1S/C11H24N2O2/c1-3-6-14-8-5-13(2)10-11-9-12-4-7-15-11/h11-12H,3-10H2,1-2H3. The normalized spacial score (nSPS) is 22.2. The van der Waals surface area contributed by atoms with Gasteiger partial charge in [-0.2, -0.15) is 0 Å². The maximum Gasteiger partial charge on any atom is 0.0826 e. The van der Waals surface area contributed by atoms with Gasteiger partial charge < -0.3 is 19.7 Å². The van der Waals surface area contributed by atoms with Crippen molar-refractivity contribution in [3.05, 3.63) is 0 Å². The summed E-state index contributed by atoms with van der Waals surface area (Å²) in [6.07, 6.45) is 1.44. The highest BCUT2D eigenvalue weighted by Gasteiger charge is 2.14. The fourth-order valence-electron chi connectivity index (χ4n) is 1.64. The van der Waals surface area contributed by atoms with Gasteiger partial charge in [-0.05, 0) is 13.5 Å². The number of hydrogen-bond acceptors (Lipinski definition) is 4. The number of rotatable bonds is 7. The Kier molecular flexibility index (Phi) is 6.92. The summed E-state index contributed by atoms with van der Waals surface area (Å²) >= 11 is 0. The van der Waals surface area contributed by atoms with Crippen LogP contribution in [0.3, 0.4) is 0 Å². The largest absolute Gasteiger partial charge is 0.380 e. The zero-order chi connectivity index (χ0) is 10.9. The first-order chi connectivity index (χ1) is 7.33. The lowest BCUT2D eigenvalue weighted by Gasteiger charge is -2.27. The van der Waals surface area contributed by atoms with Gasteiger partial charge in [-0.3, -0.25) is 0 Å². The summed E-state index contributed by atoms with van der Waals surface area (Å²) in [7, 11) is 2.12. The van der Waals surface area contributed by atoms with Crippen molar-refractivity contribution in [2.24, 2.45) is 0 Å². The molecular formula is C11H24N2O2. The molecule has 1 atom stereocenters. The Labute approximate surface area is 92.9 Å². The highest BCUT2D eigenvalue weighted by molar-refractivity contribution is 4.70. The molecule has 0 aliphatic carbocycles. The Bertz CT molecular complexity index is 150. The van der Waals surface area contributed by atoms with E-state index in [1.807, 2.05) is 0 Å². The maximum atomic E-state index is 5.63. The molecule has 90 valence electrons. The Morgan fingerprint density at radius 2 is 2.33 bits per heavy atom. The van der Waals surface area contributed by atoms with E-state index in [1.165, 1.54) is 0 Å². The number of likely N-dealkylation sites (N-methyl/N-ethyl adjacent to an activating group) is 1. The van der Waals surface area contributed by atoms with Crippen molar-refractivity contribution in [1.82, 2.24) is 10.2 Å². The molecule has 1 unspecified atom stereocenters. The molecule has 0 spiro atoms. The van der Waals surface area contributed by atoms with Gasteiger partial charge in [0.25, 0.3) is 0 Å². The van der Waals surface area contributed by atoms with Crippen LogP contribution in [0.2, 0.25) is 0 Å². The van der Waals surface area contributed by atoms with E-state index in [1.54, 1.807) is 0 Å². The maximum absolute atomic E-state index is 5.63. The molecule has 1 aliphatic heterocycles. The van der Waals surface area contributed by atoms with E-state index >= 15 is 0 Å². The fourth-order valence-corrected chi connectivity index (χ4v) is 1.64. The first kappa shape index (κ1) is 12.9. The van der Waals surface area contributed by atoms with Crippen molar-refractivity contribution < 1.29 is 9.47 Å². The minimum absolute atomic E-state index is 0.343. The number of hydrogen-bond donors (Lipinski definition) is 1. The third-order valence-electron chi connectivity index (χ3n) is 2.49. The van der Waals surface area contributed by atoms with Crippen LogP contribution in [0.4, 0.5) is 0 Å². The zero-order valence-corrected chi connectivity index (χ0v) is 10.00. The zero-order valence-electron chi connectivity index (χ0n) is 10.00. The average molecular weight is 216 g/mol. The lowest BCUT2D eigenvalue weighted by molar-refractivity contribution is 0.00505. The third kappa shape index (κ3) is 6.10. The van der Waals surface area contributed by atoms with Crippen LogP contribution in [0.15, 0.2) is 0 Å². The van der Waals surface area contributed by atoms with Crippen molar-refractivity contribution >= 4 is 0 Å². The summed E-state index contributed by atoms with van der Waals surface area (Å²) in [6.45, 7) is 8.60. The number of nitrogens with zero attached hydrogens (tertiary/aromatic N) is 1. The van der Waals surface area contributed by atoms with Gasteiger partial charge in [-0.15, -0.1) is 0 Å². The van der Waals surface area contributed by atoms with Crippen molar-refractivity contribution in [2.75, 3.05) is 53.0 Å². The SMILES string of the molecule is CCCOCCN(C)CC1CNCCO1. The summed E-state index contributed by atoms with van der Waals surface area (Å²) < 4.78 is 11.1. The Morgan fingerprint density at radius 1 is 1.47 bits per heavy atom. The summed E-state index contributed by atoms with van der Waals surface area (Å²) in [5, 5.41) is 3.33. The topological polar surface area (TPSA) is 33.7 Å². The van der Waals surface area contributed by atoms with Gasteiger partial charge in [-0.1, -0.05) is 6.92 Å². The predicted molar refractivity (Wildman–Crippen MR) is 61.2 cm³/mol. The highest BCUT2D eigenvalue weighted by atomic mass is 16.5. The molecule has 1 aliphatic rings.